The number of fused-ring (bicyclic) bond motifs is 1. The molecule has 0 saturated carbocycles. The van der Waals surface area contributed by atoms with Gasteiger partial charge in [-0.05, 0) is 30.9 Å². The Morgan fingerprint density at radius 1 is 1.48 bits per heavy atom. The van der Waals surface area contributed by atoms with Gasteiger partial charge in [0, 0.05) is 31.9 Å². The largest absolute Gasteiger partial charge is 0.335 e. The van der Waals surface area contributed by atoms with Gasteiger partial charge < -0.3 is 4.57 Å². The summed E-state index contributed by atoms with van der Waals surface area (Å²) in [6.45, 7) is 2.95. The molecule has 3 rings (SSSR count). The molecule has 2 heterocycles. The van der Waals surface area contributed by atoms with E-state index in [0.29, 0.717) is 12.1 Å². The molecule has 120 valence electrons. The van der Waals surface area contributed by atoms with Crippen molar-refractivity contribution in [2.75, 3.05) is 6.54 Å². The van der Waals surface area contributed by atoms with E-state index in [1.165, 1.54) is 6.07 Å². The normalized spacial score (nSPS) is 17.5. The Hall–Kier alpha value is -2.17. The summed E-state index contributed by atoms with van der Waals surface area (Å²) in [6.07, 6.45) is 5.38. The standard InChI is InChI=1S/C16H18N4O2S/c1-12-3-2-4-15(14(12)10-17)23(21,22)19-11-13-5-7-20-8-6-18-16(20)9-13/h2-4,6,8,13,19H,5,7,9,11H2,1H3/t13-/m0/s1. The fraction of sp³-hybridized carbons (Fsp3) is 0.375. The number of sulfonamides is 1. The first-order chi connectivity index (χ1) is 11.0. The van der Waals surface area contributed by atoms with Gasteiger partial charge in [0.15, 0.2) is 0 Å². The first-order valence-corrected chi connectivity index (χ1v) is 8.99. The highest BCUT2D eigenvalue weighted by Gasteiger charge is 2.24. The molecule has 0 spiro atoms. The van der Waals surface area contributed by atoms with Crippen molar-refractivity contribution in [2.45, 2.75) is 31.2 Å². The summed E-state index contributed by atoms with van der Waals surface area (Å²) in [5.74, 6) is 1.21. The lowest BCUT2D eigenvalue weighted by Gasteiger charge is -2.23. The van der Waals surface area contributed by atoms with E-state index in [2.05, 4.69) is 14.3 Å². The number of nitriles is 1. The van der Waals surface area contributed by atoms with E-state index < -0.39 is 10.0 Å². The summed E-state index contributed by atoms with van der Waals surface area (Å²) in [4.78, 5) is 4.34. The monoisotopic (exact) mass is 330 g/mol. The van der Waals surface area contributed by atoms with Crippen LogP contribution in [0.5, 0.6) is 0 Å². The third-order valence-electron chi connectivity index (χ3n) is 4.25. The predicted molar refractivity (Wildman–Crippen MR) is 85.1 cm³/mol. The van der Waals surface area contributed by atoms with Gasteiger partial charge in [0.1, 0.15) is 11.9 Å². The van der Waals surface area contributed by atoms with E-state index >= 15 is 0 Å². The van der Waals surface area contributed by atoms with Crippen LogP contribution in [-0.2, 0) is 23.0 Å². The maximum atomic E-state index is 12.5. The van der Waals surface area contributed by atoms with E-state index in [9.17, 15) is 13.7 Å². The molecule has 1 aliphatic rings. The SMILES string of the molecule is Cc1cccc(S(=O)(=O)NC[C@H]2CCn3ccnc3C2)c1C#N. The predicted octanol–water partition coefficient (Wildman–Crippen LogP) is 1.60. The van der Waals surface area contributed by atoms with Crippen LogP contribution >= 0.6 is 0 Å². The van der Waals surface area contributed by atoms with E-state index in [1.54, 1.807) is 25.3 Å². The number of hydrogen-bond donors (Lipinski definition) is 1. The molecule has 2 aromatic rings. The van der Waals surface area contributed by atoms with Gasteiger partial charge >= 0.3 is 0 Å². The first kappa shape index (κ1) is 15.7. The minimum Gasteiger partial charge on any atom is -0.335 e. The molecule has 1 aromatic heterocycles. The number of hydrogen-bond acceptors (Lipinski definition) is 4. The number of nitrogens with zero attached hydrogens (tertiary/aromatic N) is 3. The molecule has 7 heteroatoms. The molecule has 1 N–H and O–H groups in total. The second-order valence-electron chi connectivity index (χ2n) is 5.81. The van der Waals surface area contributed by atoms with Crippen LogP contribution in [0.4, 0.5) is 0 Å². The summed E-state index contributed by atoms with van der Waals surface area (Å²) in [5, 5.41) is 9.21. The van der Waals surface area contributed by atoms with Gasteiger partial charge in [-0.3, -0.25) is 0 Å². The minimum atomic E-state index is -3.69. The van der Waals surface area contributed by atoms with E-state index in [4.69, 9.17) is 0 Å². The Morgan fingerprint density at radius 3 is 3.09 bits per heavy atom. The first-order valence-electron chi connectivity index (χ1n) is 7.50. The van der Waals surface area contributed by atoms with Crippen LogP contribution < -0.4 is 4.72 Å². The number of benzene rings is 1. The highest BCUT2D eigenvalue weighted by Crippen LogP contribution is 2.21. The Bertz CT molecular complexity index is 864. The molecule has 0 radical (unpaired) electrons. The third-order valence-corrected chi connectivity index (χ3v) is 5.72. The summed E-state index contributed by atoms with van der Waals surface area (Å²) in [5.41, 5.74) is 0.870. The van der Waals surface area contributed by atoms with Gasteiger partial charge in [0.25, 0.3) is 0 Å². The average Bonchev–Trinajstić information content (AvgIpc) is 3.00. The zero-order valence-electron chi connectivity index (χ0n) is 12.9. The van der Waals surface area contributed by atoms with E-state index in [1.807, 2.05) is 12.3 Å². The van der Waals surface area contributed by atoms with Gasteiger partial charge in [0.05, 0.1) is 10.5 Å². The van der Waals surface area contributed by atoms with Crippen molar-refractivity contribution in [1.82, 2.24) is 14.3 Å². The lowest BCUT2D eigenvalue weighted by molar-refractivity contribution is 0.379. The van der Waals surface area contributed by atoms with Crippen molar-refractivity contribution < 1.29 is 8.42 Å². The van der Waals surface area contributed by atoms with Crippen molar-refractivity contribution in [1.29, 1.82) is 5.26 Å². The molecule has 1 aliphatic heterocycles. The van der Waals surface area contributed by atoms with Gasteiger partial charge in [-0.15, -0.1) is 0 Å². The fourth-order valence-electron chi connectivity index (χ4n) is 2.90. The second kappa shape index (κ2) is 6.14. The molecular weight excluding hydrogens is 312 g/mol. The molecule has 6 nitrogen and oxygen atoms in total. The van der Waals surface area contributed by atoms with Gasteiger partial charge in [-0.1, -0.05) is 12.1 Å². The molecule has 0 aliphatic carbocycles. The van der Waals surface area contributed by atoms with Crippen molar-refractivity contribution in [2.24, 2.45) is 5.92 Å². The number of nitrogens with one attached hydrogen (secondary N) is 1. The molecule has 1 atom stereocenters. The van der Waals surface area contributed by atoms with Crippen LogP contribution in [0.25, 0.3) is 0 Å². The van der Waals surface area contributed by atoms with Crippen LogP contribution in [0.2, 0.25) is 0 Å². The van der Waals surface area contributed by atoms with E-state index in [-0.39, 0.29) is 16.4 Å². The summed E-state index contributed by atoms with van der Waals surface area (Å²) < 4.78 is 29.8. The lowest BCUT2D eigenvalue weighted by Crippen LogP contribution is -2.33. The summed E-state index contributed by atoms with van der Waals surface area (Å²) in [6, 6.07) is 6.85. The van der Waals surface area contributed by atoms with Gasteiger partial charge in [-0.2, -0.15) is 5.26 Å². The third kappa shape index (κ3) is 3.14. The van der Waals surface area contributed by atoms with Crippen molar-refractivity contribution in [3.8, 4) is 6.07 Å². The van der Waals surface area contributed by atoms with Crippen LogP contribution in [-0.4, -0.2) is 24.5 Å². The fourth-order valence-corrected chi connectivity index (χ4v) is 4.25. The maximum Gasteiger partial charge on any atom is 0.241 e. The molecule has 23 heavy (non-hydrogen) atoms. The lowest BCUT2D eigenvalue weighted by atomic mass is 9.98. The summed E-state index contributed by atoms with van der Waals surface area (Å²) in [7, 11) is -3.69. The molecule has 0 bridgehead atoms. The van der Waals surface area contributed by atoms with Crippen LogP contribution in [0, 0.1) is 24.2 Å². The number of imidazole rings is 1. The number of aromatic nitrogens is 2. The van der Waals surface area contributed by atoms with Crippen molar-refractivity contribution in [3.05, 3.63) is 47.5 Å². The Morgan fingerprint density at radius 2 is 2.30 bits per heavy atom. The molecule has 1 aromatic carbocycles. The molecule has 0 amide bonds. The van der Waals surface area contributed by atoms with Crippen LogP contribution in [0.1, 0.15) is 23.4 Å². The van der Waals surface area contributed by atoms with E-state index in [0.717, 1.165) is 25.2 Å². The van der Waals surface area contributed by atoms with Gasteiger partial charge in [0.2, 0.25) is 10.0 Å². The minimum absolute atomic E-state index is 0.0531. The zero-order valence-corrected chi connectivity index (χ0v) is 13.7. The smallest absolute Gasteiger partial charge is 0.241 e. The molecule has 0 fully saturated rings. The average molecular weight is 330 g/mol. The van der Waals surface area contributed by atoms with Crippen molar-refractivity contribution in [3.63, 3.8) is 0 Å². The maximum absolute atomic E-state index is 12.5. The quantitative estimate of drug-likeness (QED) is 0.922. The topological polar surface area (TPSA) is 87.8 Å². The Balaban J connectivity index is 1.73. The van der Waals surface area contributed by atoms with Crippen LogP contribution in [0.3, 0.4) is 0 Å². The molecular formula is C16H18N4O2S. The second-order valence-corrected chi connectivity index (χ2v) is 7.54. The number of aryl methyl sites for hydroxylation is 2. The Labute approximate surface area is 135 Å². The molecule has 0 unspecified atom stereocenters. The molecule has 0 saturated heterocycles. The highest BCUT2D eigenvalue weighted by molar-refractivity contribution is 7.89. The Kier molecular flexibility index (Phi) is 4.20. The zero-order chi connectivity index (χ0) is 16.4. The van der Waals surface area contributed by atoms with Gasteiger partial charge in [-0.25, -0.2) is 18.1 Å². The van der Waals surface area contributed by atoms with Crippen LogP contribution in [0.15, 0.2) is 35.5 Å². The van der Waals surface area contributed by atoms with Crippen molar-refractivity contribution >= 4 is 10.0 Å². The highest BCUT2D eigenvalue weighted by atomic mass is 32.2. The number of rotatable bonds is 4. The summed E-state index contributed by atoms with van der Waals surface area (Å²) >= 11 is 0.